The molecule has 0 aliphatic carbocycles. The second-order valence-electron chi connectivity index (χ2n) is 4.93. The van der Waals surface area contributed by atoms with Crippen LogP contribution in [0.4, 0.5) is 5.82 Å². The molecule has 1 unspecified atom stereocenters. The summed E-state index contributed by atoms with van der Waals surface area (Å²) in [6.07, 6.45) is 2.39. The summed E-state index contributed by atoms with van der Waals surface area (Å²) in [5.41, 5.74) is 7.50. The second-order valence-corrected chi connectivity index (χ2v) is 4.93. The van der Waals surface area contributed by atoms with Crippen LogP contribution in [-0.2, 0) is 0 Å². The molecule has 0 saturated carbocycles. The van der Waals surface area contributed by atoms with Crippen molar-refractivity contribution < 1.29 is 4.74 Å². The Morgan fingerprint density at radius 2 is 2.05 bits per heavy atom. The van der Waals surface area contributed by atoms with Crippen LogP contribution in [0.25, 0.3) is 11.0 Å². The largest absolute Gasteiger partial charge is 0.475 e. The number of nitrogens with two attached hydrogens (primary N) is 1. The van der Waals surface area contributed by atoms with E-state index in [1.807, 2.05) is 24.3 Å². The molecule has 3 N–H and O–H groups in total. The number of rotatable bonds is 3. The SMILES string of the molecule is Nc1nc2ccccc2nc1OCC1CCCNC1. The zero-order chi connectivity index (χ0) is 13.1. The van der Waals surface area contributed by atoms with Gasteiger partial charge in [-0.3, -0.25) is 0 Å². The first-order valence-electron chi connectivity index (χ1n) is 6.69. The maximum Gasteiger partial charge on any atom is 0.257 e. The lowest BCUT2D eigenvalue weighted by molar-refractivity contribution is 0.213. The minimum Gasteiger partial charge on any atom is -0.475 e. The summed E-state index contributed by atoms with van der Waals surface area (Å²) in [7, 11) is 0. The molecule has 1 aromatic heterocycles. The molecule has 1 fully saturated rings. The number of piperidine rings is 1. The predicted octanol–water partition coefficient (Wildman–Crippen LogP) is 1.59. The van der Waals surface area contributed by atoms with Crippen LogP contribution in [0.15, 0.2) is 24.3 Å². The molecule has 1 aliphatic heterocycles. The van der Waals surface area contributed by atoms with E-state index in [0.717, 1.165) is 24.1 Å². The van der Waals surface area contributed by atoms with Gasteiger partial charge in [0.15, 0.2) is 5.82 Å². The molecule has 1 saturated heterocycles. The lowest BCUT2D eigenvalue weighted by Gasteiger charge is -2.22. The number of hydrogen-bond donors (Lipinski definition) is 2. The second kappa shape index (κ2) is 5.40. The number of nitrogens with one attached hydrogen (secondary N) is 1. The Hall–Kier alpha value is -1.88. The van der Waals surface area contributed by atoms with Gasteiger partial charge in [-0.15, -0.1) is 0 Å². The molecule has 5 heteroatoms. The van der Waals surface area contributed by atoms with Crippen LogP contribution in [0.5, 0.6) is 5.88 Å². The topological polar surface area (TPSA) is 73.1 Å². The summed E-state index contributed by atoms with van der Waals surface area (Å²) in [4.78, 5) is 8.74. The van der Waals surface area contributed by atoms with Crippen molar-refractivity contribution in [2.45, 2.75) is 12.8 Å². The number of nitrogen functional groups attached to an aromatic ring is 1. The molecular formula is C14H18N4O. The molecular weight excluding hydrogens is 240 g/mol. The van der Waals surface area contributed by atoms with Crippen LogP contribution in [0, 0.1) is 5.92 Å². The first-order chi connectivity index (χ1) is 9.33. The summed E-state index contributed by atoms with van der Waals surface area (Å²) in [6.45, 7) is 2.75. The van der Waals surface area contributed by atoms with Gasteiger partial charge in [-0.05, 0) is 31.5 Å². The third-order valence-electron chi connectivity index (χ3n) is 3.42. The molecule has 2 heterocycles. The average molecular weight is 258 g/mol. The molecule has 0 spiro atoms. The van der Waals surface area contributed by atoms with Crippen molar-refractivity contribution >= 4 is 16.9 Å². The minimum atomic E-state index is 0.363. The van der Waals surface area contributed by atoms with Gasteiger partial charge in [0, 0.05) is 12.5 Å². The highest BCUT2D eigenvalue weighted by Gasteiger charge is 2.15. The first kappa shape index (κ1) is 12.2. The standard InChI is InChI=1S/C14H18N4O/c15-13-14(19-9-10-4-3-7-16-8-10)18-12-6-2-1-5-11(12)17-13/h1-2,5-6,10,16H,3-4,7-9H2,(H2,15,17). The highest BCUT2D eigenvalue weighted by atomic mass is 16.5. The van der Waals surface area contributed by atoms with Gasteiger partial charge in [0.25, 0.3) is 5.88 Å². The van der Waals surface area contributed by atoms with Gasteiger partial charge < -0.3 is 15.8 Å². The van der Waals surface area contributed by atoms with E-state index in [9.17, 15) is 0 Å². The lowest BCUT2D eigenvalue weighted by Crippen LogP contribution is -2.33. The summed E-state index contributed by atoms with van der Waals surface area (Å²) < 4.78 is 5.75. The van der Waals surface area contributed by atoms with E-state index < -0.39 is 0 Å². The van der Waals surface area contributed by atoms with E-state index in [4.69, 9.17) is 10.5 Å². The molecule has 1 aromatic carbocycles. The van der Waals surface area contributed by atoms with Crippen molar-refractivity contribution in [2.24, 2.45) is 5.92 Å². The molecule has 19 heavy (non-hydrogen) atoms. The number of para-hydroxylation sites is 2. The Labute approximate surface area is 112 Å². The van der Waals surface area contributed by atoms with Crippen LogP contribution < -0.4 is 15.8 Å². The van der Waals surface area contributed by atoms with Gasteiger partial charge in [0.1, 0.15) is 0 Å². The van der Waals surface area contributed by atoms with Crippen LogP contribution in [0.1, 0.15) is 12.8 Å². The Bertz CT molecular complexity index is 566. The zero-order valence-electron chi connectivity index (χ0n) is 10.8. The van der Waals surface area contributed by atoms with Gasteiger partial charge in [-0.2, -0.15) is 0 Å². The van der Waals surface area contributed by atoms with E-state index >= 15 is 0 Å². The van der Waals surface area contributed by atoms with Crippen LogP contribution >= 0.6 is 0 Å². The summed E-state index contributed by atoms with van der Waals surface area (Å²) in [5, 5.41) is 3.37. The predicted molar refractivity (Wildman–Crippen MR) is 75.0 cm³/mol. The Morgan fingerprint density at radius 3 is 2.79 bits per heavy atom. The van der Waals surface area contributed by atoms with Crippen molar-refractivity contribution in [3.63, 3.8) is 0 Å². The summed E-state index contributed by atoms with van der Waals surface area (Å²) >= 11 is 0. The number of benzene rings is 1. The van der Waals surface area contributed by atoms with Crippen molar-refractivity contribution in [1.29, 1.82) is 0 Å². The third kappa shape index (κ3) is 2.76. The van der Waals surface area contributed by atoms with Crippen LogP contribution in [0.2, 0.25) is 0 Å². The smallest absolute Gasteiger partial charge is 0.257 e. The van der Waals surface area contributed by atoms with Gasteiger partial charge in [-0.25, -0.2) is 9.97 Å². The van der Waals surface area contributed by atoms with Crippen LogP contribution in [0.3, 0.4) is 0 Å². The molecule has 1 aliphatic rings. The number of aromatic nitrogens is 2. The molecule has 1 atom stereocenters. The minimum absolute atomic E-state index is 0.363. The van der Waals surface area contributed by atoms with E-state index in [-0.39, 0.29) is 0 Å². The first-order valence-corrected chi connectivity index (χ1v) is 6.69. The summed E-state index contributed by atoms with van der Waals surface area (Å²) in [5.74, 6) is 1.34. The van der Waals surface area contributed by atoms with Gasteiger partial charge in [0.2, 0.25) is 0 Å². The quantitative estimate of drug-likeness (QED) is 0.874. The molecule has 0 radical (unpaired) electrons. The Kier molecular flexibility index (Phi) is 3.46. The maximum atomic E-state index is 5.89. The monoisotopic (exact) mass is 258 g/mol. The average Bonchev–Trinajstić information content (AvgIpc) is 2.46. The number of ether oxygens (including phenoxy) is 1. The van der Waals surface area contributed by atoms with Gasteiger partial charge >= 0.3 is 0 Å². The van der Waals surface area contributed by atoms with Crippen LogP contribution in [-0.4, -0.2) is 29.7 Å². The van der Waals surface area contributed by atoms with E-state index in [1.165, 1.54) is 12.8 Å². The Morgan fingerprint density at radius 1 is 1.26 bits per heavy atom. The third-order valence-corrected chi connectivity index (χ3v) is 3.42. The van der Waals surface area contributed by atoms with E-state index in [0.29, 0.717) is 24.2 Å². The normalized spacial score (nSPS) is 19.5. The van der Waals surface area contributed by atoms with Gasteiger partial charge in [-0.1, -0.05) is 12.1 Å². The van der Waals surface area contributed by atoms with Crippen molar-refractivity contribution in [3.8, 4) is 5.88 Å². The fraction of sp³-hybridized carbons (Fsp3) is 0.429. The number of anilines is 1. The molecule has 5 nitrogen and oxygen atoms in total. The summed E-state index contributed by atoms with van der Waals surface area (Å²) in [6, 6.07) is 7.66. The van der Waals surface area contributed by atoms with E-state index in [2.05, 4.69) is 15.3 Å². The fourth-order valence-corrected chi connectivity index (χ4v) is 2.37. The van der Waals surface area contributed by atoms with Crippen molar-refractivity contribution in [1.82, 2.24) is 15.3 Å². The zero-order valence-corrected chi connectivity index (χ0v) is 10.8. The molecule has 2 aromatic rings. The molecule has 3 rings (SSSR count). The highest BCUT2D eigenvalue weighted by molar-refractivity contribution is 5.76. The fourth-order valence-electron chi connectivity index (χ4n) is 2.37. The maximum absolute atomic E-state index is 5.89. The Balaban J connectivity index is 1.74. The molecule has 100 valence electrons. The number of nitrogens with zero attached hydrogens (tertiary/aromatic N) is 2. The van der Waals surface area contributed by atoms with Crippen molar-refractivity contribution in [3.05, 3.63) is 24.3 Å². The highest BCUT2D eigenvalue weighted by Crippen LogP contribution is 2.21. The van der Waals surface area contributed by atoms with Crippen molar-refractivity contribution in [2.75, 3.05) is 25.4 Å². The van der Waals surface area contributed by atoms with Gasteiger partial charge in [0.05, 0.1) is 17.6 Å². The molecule has 0 bridgehead atoms. The lowest BCUT2D eigenvalue weighted by atomic mass is 10.0. The molecule has 0 amide bonds. The number of hydrogen-bond acceptors (Lipinski definition) is 5. The number of fused-ring (bicyclic) bond motifs is 1. The van der Waals surface area contributed by atoms with E-state index in [1.54, 1.807) is 0 Å².